The summed E-state index contributed by atoms with van der Waals surface area (Å²) in [5.41, 5.74) is 7.06. The van der Waals surface area contributed by atoms with Gasteiger partial charge in [0.2, 0.25) is 0 Å². The minimum absolute atomic E-state index is 0.489. The van der Waals surface area contributed by atoms with Crippen LogP contribution in [0.25, 0.3) is 10.8 Å². The number of hydrogen-bond acceptors (Lipinski definition) is 0. The van der Waals surface area contributed by atoms with Crippen molar-refractivity contribution < 1.29 is 0 Å². The minimum Gasteiger partial charge on any atom is -0.0850 e. The second kappa shape index (κ2) is 4.72. The molecule has 0 amide bonds. The van der Waals surface area contributed by atoms with Crippen LogP contribution >= 0.6 is 0 Å². The van der Waals surface area contributed by atoms with Crippen molar-refractivity contribution in [3.8, 4) is 0 Å². The molecule has 23 heavy (non-hydrogen) atoms. The van der Waals surface area contributed by atoms with Crippen molar-refractivity contribution in [2.45, 2.75) is 63.7 Å². The zero-order chi connectivity index (χ0) is 15.6. The Hall–Kier alpha value is -1.56. The number of hydrogen-bond donors (Lipinski definition) is 0. The van der Waals surface area contributed by atoms with E-state index in [-0.39, 0.29) is 0 Å². The van der Waals surface area contributed by atoms with Crippen LogP contribution < -0.4 is 0 Å². The molecule has 3 aliphatic carbocycles. The number of aryl methyl sites for hydroxylation is 1. The van der Waals surface area contributed by atoms with Crippen molar-refractivity contribution in [3.63, 3.8) is 0 Å². The second-order valence-electron chi connectivity index (χ2n) is 8.46. The molecule has 0 saturated heterocycles. The molecule has 2 unspecified atom stereocenters. The van der Waals surface area contributed by atoms with Crippen molar-refractivity contribution in [3.05, 3.63) is 58.7 Å². The van der Waals surface area contributed by atoms with Gasteiger partial charge in [0.05, 0.1) is 0 Å². The van der Waals surface area contributed by atoms with Gasteiger partial charge in [-0.05, 0) is 77.8 Å². The average Bonchev–Trinajstić information content (AvgIpc) is 3.14. The molecule has 0 radical (unpaired) electrons. The highest BCUT2D eigenvalue weighted by Crippen LogP contribution is 2.59. The van der Waals surface area contributed by atoms with Crippen LogP contribution in [0.5, 0.6) is 0 Å². The number of allylic oxidation sites excluding steroid dienone is 2. The van der Waals surface area contributed by atoms with Crippen LogP contribution in [0.1, 0.15) is 68.6 Å². The third kappa shape index (κ3) is 1.90. The predicted molar refractivity (Wildman–Crippen MR) is 98.1 cm³/mol. The van der Waals surface area contributed by atoms with E-state index in [1.165, 1.54) is 54.9 Å². The molecule has 0 heterocycles. The summed E-state index contributed by atoms with van der Waals surface area (Å²) in [4.78, 5) is 0. The minimum atomic E-state index is 0.489. The molecule has 1 spiro atoms. The predicted octanol–water partition coefficient (Wildman–Crippen LogP) is 6.28. The highest BCUT2D eigenvalue weighted by molar-refractivity contribution is 5.85. The highest BCUT2D eigenvalue weighted by atomic mass is 14.5. The Morgan fingerprint density at radius 1 is 1.09 bits per heavy atom. The fourth-order valence-electron chi connectivity index (χ4n) is 5.64. The standard InChI is InChI=1S/C23H26/c1-15(2)17-6-7-18-13-22-19(12-20(18)11-17)4-3-9-23(22)14-16-5-8-21(23)10-16/h5-7,11-13,15,21H,3-4,8-10,14H2,1-2H3. The van der Waals surface area contributed by atoms with Gasteiger partial charge in [0, 0.05) is 5.41 Å². The zero-order valence-electron chi connectivity index (χ0n) is 14.4. The van der Waals surface area contributed by atoms with Crippen molar-refractivity contribution in [2.24, 2.45) is 5.92 Å². The molecule has 2 aromatic rings. The third-order valence-electron chi connectivity index (χ3n) is 6.88. The van der Waals surface area contributed by atoms with Crippen LogP contribution in [0.3, 0.4) is 0 Å². The Morgan fingerprint density at radius 3 is 2.74 bits per heavy atom. The summed E-state index contributed by atoms with van der Waals surface area (Å²) in [6.45, 7) is 4.58. The molecular weight excluding hydrogens is 276 g/mol. The molecular formula is C23H26. The van der Waals surface area contributed by atoms with E-state index in [0.717, 1.165) is 5.92 Å². The molecule has 2 aromatic carbocycles. The maximum absolute atomic E-state index is 2.56. The van der Waals surface area contributed by atoms with Gasteiger partial charge < -0.3 is 0 Å². The first-order valence-electron chi connectivity index (χ1n) is 9.41. The average molecular weight is 302 g/mol. The van der Waals surface area contributed by atoms with E-state index in [2.05, 4.69) is 50.3 Å². The summed E-state index contributed by atoms with van der Waals surface area (Å²) in [7, 11) is 0. The molecule has 3 aliphatic rings. The zero-order valence-corrected chi connectivity index (χ0v) is 14.4. The summed E-state index contributed by atoms with van der Waals surface area (Å²) in [5.74, 6) is 1.50. The summed E-state index contributed by atoms with van der Waals surface area (Å²) in [6.07, 6.45) is 10.7. The first-order chi connectivity index (χ1) is 11.2. The van der Waals surface area contributed by atoms with Crippen LogP contribution in [0.2, 0.25) is 0 Å². The van der Waals surface area contributed by atoms with Gasteiger partial charge in [-0.25, -0.2) is 0 Å². The fourth-order valence-corrected chi connectivity index (χ4v) is 5.64. The summed E-state index contributed by atoms with van der Waals surface area (Å²) >= 11 is 0. The van der Waals surface area contributed by atoms with Gasteiger partial charge >= 0.3 is 0 Å². The summed E-state index contributed by atoms with van der Waals surface area (Å²) < 4.78 is 0. The van der Waals surface area contributed by atoms with Crippen molar-refractivity contribution >= 4 is 10.8 Å². The van der Waals surface area contributed by atoms with E-state index < -0.39 is 0 Å². The van der Waals surface area contributed by atoms with Gasteiger partial charge in [0.15, 0.2) is 0 Å². The topological polar surface area (TPSA) is 0 Å². The molecule has 118 valence electrons. The SMILES string of the molecule is CC(C)c1ccc2cc3c(cc2c1)CCCC31CC2=CCC1C2. The van der Waals surface area contributed by atoms with Crippen LogP contribution in [0, 0.1) is 5.92 Å². The van der Waals surface area contributed by atoms with Crippen molar-refractivity contribution in [1.29, 1.82) is 0 Å². The number of benzene rings is 2. The smallest absolute Gasteiger partial charge is 0.00274 e. The molecule has 1 fully saturated rings. The van der Waals surface area contributed by atoms with E-state index in [1.807, 2.05) is 0 Å². The normalized spacial score (nSPS) is 28.7. The Morgan fingerprint density at radius 2 is 2.00 bits per heavy atom. The van der Waals surface area contributed by atoms with Crippen LogP contribution in [0.4, 0.5) is 0 Å². The first kappa shape index (κ1) is 13.8. The van der Waals surface area contributed by atoms with Gasteiger partial charge in [-0.15, -0.1) is 0 Å². The second-order valence-corrected chi connectivity index (χ2v) is 8.46. The molecule has 2 atom stereocenters. The van der Waals surface area contributed by atoms with Crippen LogP contribution in [-0.2, 0) is 11.8 Å². The molecule has 0 aliphatic heterocycles. The van der Waals surface area contributed by atoms with Crippen molar-refractivity contribution in [2.75, 3.05) is 0 Å². The van der Waals surface area contributed by atoms with Gasteiger partial charge in [0.1, 0.15) is 0 Å². The van der Waals surface area contributed by atoms with Gasteiger partial charge in [-0.2, -0.15) is 0 Å². The highest BCUT2D eigenvalue weighted by Gasteiger charge is 2.49. The van der Waals surface area contributed by atoms with E-state index in [0.29, 0.717) is 11.3 Å². The largest absolute Gasteiger partial charge is 0.0850 e. The van der Waals surface area contributed by atoms with Gasteiger partial charge in [-0.3, -0.25) is 0 Å². The molecule has 5 rings (SSSR count). The van der Waals surface area contributed by atoms with E-state index in [4.69, 9.17) is 0 Å². The lowest BCUT2D eigenvalue weighted by Crippen LogP contribution is -2.35. The third-order valence-corrected chi connectivity index (χ3v) is 6.88. The van der Waals surface area contributed by atoms with E-state index >= 15 is 0 Å². The Bertz CT molecular complexity index is 823. The fraction of sp³-hybridized carbons (Fsp3) is 0.478. The van der Waals surface area contributed by atoms with Crippen molar-refractivity contribution in [1.82, 2.24) is 0 Å². The Balaban J connectivity index is 1.69. The molecule has 0 nitrogen and oxygen atoms in total. The number of fused-ring (bicyclic) bond motifs is 6. The molecule has 2 bridgehead atoms. The maximum atomic E-state index is 2.56. The first-order valence-corrected chi connectivity index (χ1v) is 9.41. The molecule has 0 N–H and O–H groups in total. The molecule has 0 heteroatoms. The number of rotatable bonds is 1. The Labute approximate surface area is 139 Å². The molecule has 1 saturated carbocycles. The Kier molecular flexibility index (Phi) is 2.84. The monoisotopic (exact) mass is 302 g/mol. The van der Waals surface area contributed by atoms with Gasteiger partial charge in [0.25, 0.3) is 0 Å². The lowest BCUT2D eigenvalue weighted by atomic mass is 9.62. The van der Waals surface area contributed by atoms with Gasteiger partial charge in [-0.1, -0.05) is 55.8 Å². The lowest BCUT2D eigenvalue weighted by Gasteiger charge is -2.41. The molecule has 0 aromatic heterocycles. The maximum Gasteiger partial charge on any atom is 0.00274 e. The van der Waals surface area contributed by atoms with Crippen LogP contribution in [0.15, 0.2) is 42.0 Å². The summed E-state index contributed by atoms with van der Waals surface area (Å²) in [5, 5.41) is 2.90. The van der Waals surface area contributed by atoms with E-state index in [9.17, 15) is 0 Å². The van der Waals surface area contributed by atoms with E-state index in [1.54, 1.807) is 16.7 Å². The van der Waals surface area contributed by atoms with Crippen LogP contribution in [-0.4, -0.2) is 0 Å². The summed E-state index contributed by atoms with van der Waals surface area (Å²) in [6, 6.07) is 12.2. The quantitative estimate of drug-likeness (QED) is 0.544. The lowest BCUT2D eigenvalue weighted by molar-refractivity contribution is 0.270.